The fourth-order valence-electron chi connectivity index (χ4n) is 2.81. The van der Waals surface area contributed by atoms with Crippen LogP contribution >= 0.6 is 0 Å². The molecule has 0 heterocycles. The van der Waals surface area contributed by atoms with Gasteiger partial charge in [0.1, 0.15) is 18.5 Å². The van der Waals surface area contributed by atoms with E-state index >= 15 is 0 Å². The number of hydrogen-bond donors (Lipinski definition) is 2. The van der Waals surface area contributed by atoms with Crippen LogP contribution in [0.2, 0.25) is 0 Å². The second kappa shape index (κ2) is 15.2. The molecule has 27 heavy (non-hydrogen) atoms. The van der Waals surface area contributed by atoms with Crippen LogP contribution in [0.25, 0.3) is 0 Å². The molecular weight excluding hydrogens is 356 g/mol. The summed E-state index contributed by atoms with van der Waals surface area (Å²) in [7, 11) is 0. The van der Waals surface area contributed by atoms with Crippen LogP contribution in [0.1, 0.15) is 71.1 Å². The van der Waals surface area contributed by atoms with Crippen molar-refractivity contribution in [3.05, 3.63) is 32.4 Å². The highest BCUT2D eigenvalue weighted by Crippen LogP contribution is 2.15. The molecule has 0 aliphatic rings. The number of aliphatic hydroxyl groups is 2. The average molecular weight is 388 g/mol. The summed E-state index contributed by atoms with van der Waals surface area (Å²) >= 11 is 0. The fraction of sp³-hybridized carbons (Fsp3) is 0.833. The van der Waals surface area contributed by atoms with E-state index in [1.807, 2.05) is 6.92 Å². The van der Waals surface area contributed by atoms with E-state index in [2.05, 4.69) is 0 Å². The minimum atomic E-state index is -1.19. The van der Waals surface area contributed by atoms with Gasteiger partial charge in [-0.15, -0.1) is 0 Å². The summed E-state index contributed by atoms with van der Waals surface area (Å²) in [6.45, 7) is 2.00. The first-order valence-electron chi connectivity index (χ1n) is 9.56. The van der Waals surface area contributed by atoms with Gasteiger partial charge >= 0.3 is 0 Å². The third kappa shape index (κ3) is 11.4. The van der Waals surface area contributed by atoms with Crippen molar-refractivity contribution in [1.29, 1.82) is 0 Å². The van der Waals surface area contributed by atoms with Crippen LogP contribution in [-0.4, -0.2) is 50.6 Å². The highest BCUT2D eigenvalue weighted by molar-refractivity contribution is 5.48. The maximum absolute atomic E-state index is 11.1. The van der Waals surface area contributed by atoms with Gasteiger partial charge in [-0.05, 0) is 19.3 Å². The van der Waals surface area contributed by atoms with Crippen LogP contribution in [0.4, 0.5) is 0 Å². The molecule has 0 amide bonds. The molecule has 0 aromatic carbocycles. The van der Waals surface area contributed by atoms with Crippen molar-refractivity contribution in [3.63, 3.8) is 0 Å². The summed E-state index contributed by atoms with van der Waals surface area (Å²) < 4.78 is 0. The van der Waals surface area contributed by atoms with Gasteiger partial charge in [0, 0.05) is 29.1 Å². The third-order valence-electron chi connectivity index (χ3n) is 4.53. The Bertz CT molecular complexity index is 471. The van der Waals surface area contributed by atoms with Crippen molar-refractivity contribution in [2.75, 3.05) is 0 Å². The predicted molar refractivity (Wildman–Crippen MR) is 101 cm³/mol. The lowest BCUT2D eigenvalue weighted by atomic mass is 9.99. The molecule has 0 aromatic rings. The van der Waals surface area contributed by atoms with Gasteiger partial charge in [0.2, 0.25) is 12.1 Å². The number of aldehydes is 1. The zero-order valence-corrected chi connectivity index (χ0v) is 15.9. The van der Waals surface area contributed by atoms with Crippen molar-refractivity contribution in [1.82, 2.24) is 0 Å². The molecule has 9 heteroatoms. The Labute approximate surface area is 159 Å². The van der Waals surface area contributed by atoms with Crippen LogP contribution < -0.4 is 0 Å². The maximum Gasteiger partial charge on any atom is 0.241 e. The molecule has 0 saturated heterocycles. The Kier molecular flexibility index (Phi) is 14.2. The van der Waals surface area contributed by atoms with Gasteiger partial charge in [-0.2, -0.15) is 0 Å². The minimum absolute atomic E-state index is 0.0137. The highest BCUT2D eigenvalue weighted by Gasteiger charge is 2.29. The summed E-state index contributed by atoms with van der Waals surface area (Å²) in [6.07, 6.45) is 6.03. The summed E-state index contributed by atoms with van der Waals surface area (Å²) in [5.41, 5.74) is 0. The lowest BCUT2D eigenvalue weighted by molar-refractivity contribution is -0.534. The molecule has 0 aliphatic carbocycles. The van der Waals surface area contributed by atoms with Gasteiger partial charge < -0.3 is 15.0 Å². The van der Waals surface area contributed by atoms with Crippen LogP contribution in [0.5, 0.6) is 0 Å². The van der Waals surface area contributed by atoms with Crippen molar-refractivity contribution in [3.8, 4) is 0 Å². The molecule has 0 radical (unpaired) electrons. The van der Waals surface area contributed by atoms with Crippen molar-refractivity contribution in [2.45, 2.75) is 95.4 Å². The van der Waals surface area contributed by atoms with E-state index < -0.39 is 34.1 Å². The Morgan fingerprint density at radius 2 is 1.30 bits per heavy atom. The normalized spacial score (nSPS) is 16.0. The third-order valence-corrected chi connectivity index (χ3v) is 4.53. The van der Waals surface area contributed by atoms with E-state index in [4.69, 9.17) is 0 Å². The molecule has 0 saturated carbocycles. The van der Waals surface area contributed by atoms with Crippen molar-refractivity contribution >= 4 is 6.29 Å². The van der Waals surface area contributed by atoms with Gasteiger partial charge in [-0.25, -0.2) is 0 Å². The van der Waals surface area contributed by atoms with E-state index in [9.17, 15) is 35.2 Å². The number of hydrogen-bond acceptors (Lipinski definition) is 7. The zero-order chi connectivity index (χ0) is 20.7. The SMILES string of the molecule is CCCCCC(O)C(C/C=C/CC(C(O)CCCCC=O)[N+](=O)[O-])[N+](=O)[O-]. The monoisotopic (exact) mass is 388 g/mol. The van der Waals surface area contributed by atoms with E-state index in [1.165, 1.54) is 12.2 Å². The summed E-state index contributed by atoms with van der Waals surface area (Å²) in [5.74, 6) is 0. The second-order valence-electron chi connectivity index (χ2n) is 6.73. The number of carbonyl (C=O) groups is 1. The summed E-state index contributed by atoms with van der Waals surface area (Å²) in [6, 6.07) is -2.33. The molecule has 0 spiro atoms. The van der Waals surface area contributed by atoms with E-state index in [0.717, 1.165) is 19.1 Å². The number of unbranched alkanes of at least 4 members (excludes halogenated alkanes) is 4. The van der Waals surface area contributed by atoms with Crippen LogP contribution in [0.15, 0.2) is 12.2 Å². The second-order valence-corrected chi connectivity index (χ2v) is 6.73. The fourth-order valence-corrected chi connectivity index (χ4v) is 2.81. The molecule has 0 rings (SSSR count). The smallest absolute Gasteiger partial charge is 0.241 e. The molecule has 4 unspecified atom stereocenters. The molecule has 0 aliphatic heterocycles. The van der Waals surface area contributed by atoms with E-state index in [0.29, 0.717) is 32.1 Å². The number of rotatable bonds is 17. The Morgan fingerprint density at radius 3 is 1.67 bits per heavy atom. The van der Waals surface area contributed by atoms with Gasteiger partial charge in [-0.3, -0.25) is 20.2 Å². The summed E-state index contributed by atoms with van der Waals surface area (Å²) in [4.78, 5) is 31.4. The van der Waals surface area contributed by atoms with Gasteiger partial charge in [0.05, 0.1) is 0 Å². The van der Waals surface area contributed by atoms with Crippen LogP contribution in [0, 0.1) is 20.2 Å². The molecule has 156 valence electrons. The Balaban J connectivity index is 4.53. The summed E-state index contributed by atoms with van der Waals surface area (Å²) in [5, 5.41) is 42.2. The Hall–Kier alpha value is -1.87. The largest absolute Gasteiger partial charge is 0.386 e. The molecule has 9 nitrogen and oxygen atoms in total. The van der Waals surface area contributed by atoms with Gasteiger partial charge in [0.25, 0.3) is 0 Å². The molecular formula is C18H32N2O7. The topological polar surface area (TPSA) is 144 Å². The van der Waals surface area contributed by atoms with E-state index in [1.54, 1.807) is 0 Å². The molecule has 2 N–H and O–H groups in total. The standard InChI is InChI=1S/C18H32N2O7/c1-2-3-5-12-17(22)15(19(24)25)10-7-8-11-16(20(26)27)18(23)13-6-4-9-14-21/h7-8,14-18,22-23H,2-6,9-13H2,1H3/b8-7+. The average Bonchev–Trinajstić information content (AvgIpc) is 2.61. The highest BCUT2D eigenvalue weighted by atomic mass is 16.6. The Morgan fingerprint density at radius 1 is 0.852 bits per heavy atom. The number of carbonyl (C=O) groups excluding carboxylic acids is 1. The number of aliphatic hydroxyl groups excluding tert-OH is 2. The minimum Gasteiger partial charge on any atom is -0.386 e. The number of nitrogens with zero attached hydrogens (tertiary/aromatic N) is 2. The van der Waals surface area contributed by atoms with Crippen LogP contribution in [-0.2, 0) is 4.79 Å². The van der Waals surface area contributed by atoms with Crippen LogP contribution in [0.3, 0.4) is 0 Å². The van der Waals surface area contributed by atoms with Crippen molar-refractivity contribution < 1.29 is 24.9 Å². The van der Waals surface area contributed by atoms with E-state index in [-0.39, 0.29) is 19.3 Å². The first-order valence-corrected chi connectivity index (χ1v) is 9.56. The molecule has 0 fully saturated rings. The quantitative estimate of drug-likeness (QED) is 0.128. The molecule has 0 aromatic heterocycles. The number of nitro groups is 2. The predicted octanol–water partition coefficient (Wildman–Crippen LogP) is 2.67. The van der Waals surface area contributed by atoms with Crippen molar-refractivity contribution in [2.24, 2.45) is 0 Å². The first kappa shape index (κ1) is 25.1. The lowest BCUT2D eigenvalue weighted by Gasteiger charge is -2.15. The zero-order valence-electron chi connectivity index (χ0n) is 15.9. The molecule has 0 bridgehead atoms. The molecule has 4 atom stereocenters. The van der Waals surface area contributed by atoms with Gasteiger partial charge in [0.15, 0.2) is 0 Å². The first-order chi connectivity index (χ1) is 12.8. The maximum atomic E-state index is 11.1. The van der Waals surface area contributed by atoms with Gasteiger partial charge in [-0.1, -0.05) is 44.8 Å². The lowest BCUT2D eigenvalue weighted by Crippen LogP contribution is -2.34.